The zero-order valence-corrected chi connectivity index (χ0v) is 27.5. The van der Waals surface area contributed by atoms with E-state index in [1.54, 1.807) is 0 Å². The lowest BCUT2D eigenvalue weighted by molar-refractivity contribution is 1.06. The molecule has 0 aliphatic rings. The third kappa shape index (κ3) is 4.17. The second kappa shape index (κ2) is 10.8. The van der Waals surface area contributed by atoms with Crippen LogP contribution in [0.1, 0.15) is 0 Å². The van der Waals surface area contributed by atoms with Gasteiger partial charge in [-0.25, -0.2) is 15.0 Å². The standard InChI is InChI=1S/C47H28N4/c1-3-11-29(12-4-1)30-21-25-34(26-22-30)46-48-45(33-13-5-2-6-14-33)49-47(50-46)37-16-7-8-19-38(37)51-39-20-10-18-36-35-17-9-15-31-23-24-32-27-28-40(51)44(43(36)39)42(32)41(31)35/h1-28H. The van der Waals surface area contributed by atoms with Gasteiger partial charge in [-0.2, -0.15) is 0 Å². The minimum Gasteiger partial charge on any atom is -0.308 e. The Kier molecular flexibility index (Phi) is 5.92. The van der Waals surface area contributed by atoms with Crippen LogP contribution in [-0.4, -0.2) is 19.5 Å². The smallest absolute Gasteiger partial charge is 0.166 e. The van der Waals surface area contributed by atoms with Crippen LogP contribution in [0.3, 0.4) is 0 Å². The van der Waals surface area contributed by atoms with E-state index in [4.69, 9.17) is 15.0 Å². The number of benzene rings is 9. The van der Waals surface area contributed by atoms with Gasteiger partial charge in [0.05, 0.1) is 16.7 Å². The Balaban J connectivity index is 1.17. The summed E-state index contributed by atoms with van der Waals surface area (Å²) in [5, 5.41) is 10.4. The zero-order chi connectivity index (χ0) is 33.5. The molecule has 0 aliphatic carbocycles. The second-order valence-electron chi connectivity index (χ2n) is 13.2. The first-order valence-electron chi connectivity index (χ1n) is 17.3. The SMILES string of the molecule is c1ccc(-c2ccc(-c3nc(-c4ccccc4)nc(-c4ccccc4-n4c5cccc6c7cccc8ccc9ccc4c(c9c87)c65)n3)cc2)cc1. The highest BCUT2D eigenvalue weighted by molar-refractivity contribution is 6.40. The number of hydrogen-bond donors (Lipinski definition) is 0. The molecule has 51 heavy (non-hydrogen) atoms. The first kappa shape index (κ1) is 28.0. The molecule has 0 unspecified atom stereocenters. The van der Waals surface area contributed by atoms with E-state index in [-0.39, 0.29) is 0 Å². The van der Waals surface area contributed by atoms with Gasteiger partial charge in [0, 0.05) is 32.8 Å². The molecule has 0 N–H and O–H groups in total. The number of rotatable bonds is 5. The minimum atomic E-state index is 0.633. The van der Waals surface area contributed by atoms with Gasteiger partial charge in [0.15, 0.2) is 17.5 Å². The van der Waals surface area contributed by atoms with E-state index < -0.39 is 0 Å². The van der Waals surface area contributed by atoms with E-state index in [2.05, 4.69) is 150 Å². The van der Waals surface area contributed by atoms with Crippen molar-refractivity contribution in [3.8, 4) is 51.0 Å². The van der Waals surface area contributed by atoms with Gasteiger partial charge >= 0.3 is 0 Å². The Hall–Kier alpha value is -6.91. The van der Waals surface area contributed by atoms with Crippen molar-refractivity contribution in [2.45, 2.75) is 0 Å². The second-order valence-corrected chi connectivity index (χ2v) is 13.2. The van der Waals surface area contributed by atoms with Crippen LogP contribution in [0.5, 0.6) is 0 Å². The lowest BCUT2D eigenvalue weighted by Crippen LogP contribution is -2.03. The van der Waals surface area contributed by atoms with E-state index in [1.807, 2.05) is 24.3 Å². The maximum atomic E-state index is 5.20. The first-order chi connectivity index (χ1) is 25.3. The van der Waals surface area contributed by atoms with E-state index in [1.165, 1.54) is 59.7 Å². The maximum absolute atomic E-state index is 5.20. The molecule has 236 valence electrons. The van der Waals surface area contributed by atoms with Gasteiger partial charge in [0.25, 0.3) is 0 Å². The van der Waals surface area contributed by atoms with Gasteiger partial charge in [-0.1, -0.05) is 146 Å². The summed E-state index contributed by atoms with van der Waals surface area (Å²) in [6, 6.07) is 60.1. The fraction of sp³-hybridized carbons (Fsp3) is 0. The zero-order valence-electron chi connectivity index (χ0n) is 27.5. The Morgan fingerprint density at radius 2 is 0.843 bits per heavy atom. The summed E-state index contributed by atoms with van der Waals surface area (Å²) in [6.07, 6.45) is 0. The number of hydrogen-bond acceptors (Lipinski definition) is 3. The van der Waals surface area contributed by atoms with Crippen LogP contribution in [0.15, 0.2) is 170 Å². The van der Waals surface area contributed by atoms with Crippen molar-refractivity contribution in [3.63, 3.8) is 0 Å². The molecule has 0 saturated heterocycles. The van der Waals surface area contributed by atoms with E-state index in [0.717, 1.165) is 27.9 Å². The van der Waals surface area contributed by atoms with Crippen LogP contribution in [0.25, 0.3) is 105 Å². The molecule has 0 saturated carbocycles. The Bertz CT molecular complexity index is 3050. The molecule has 9 aromatic carbocycles. The van der Waals surface area contributed by atoms with Crippen LogP contribution < -0.4 is 0 Å². The molecule has 0 atom stereocenters. The van der Waals surface area contributed by atoms with Crippen molar-refractivity contribution in [1.29, 1.82) is 0 Å². The molecule has 0 radical (unpaired) electrons. The highest BCUT2D eigenvalue weighted by atomic mass is 15.1. The molecule has 0 fully saturated rings. The first-order valence-corrected chi connectivity index (χ1v) is 17.3. The van der Waals surface area contributed by atoms with Crippen molar-refractivity contribution in [3.05, 3.63) is 170 Å². The van der Waals surface area contributed by atoms with Crippen molar-refractivity contribution in [1.82, 2.24) is 19.5 Å². The summed E-state index contributed by atoms with van der Waals surface area (Å²) in [5.41, 5.74) is 8.53. The number of aromatic nitrogens is 4. The van der Waals surface area contributed by atoms with Crippen molar-refractivity contribution < 1.29 is 0 Å². The Morgan fingerprint density at radius 3 is 1.61 bits per heavy atom. The van der Waals surface area contributed by atoms with Crippen molar-refractivity contribution in [2.24, 2.45) is 0 Å². The molecular weight excluding hydrogens is 621 g/mol. The van der Waals surface area contributed by atoms with Gasteiger partial charge in [0.2, 0.25) is 0 Å². The lowest BCUT2D eigenvalue weighted by atomic mass is 9.89. The third-order valence-corrected chi connectivity index (χ3v) is 10.4. The van der Waals surface area contributed by atoms with E-state index >= 15 is 0 Å². The van der Waals surface area contributed by atoms with Crippen molar-refractivity contribution >= 4 is 54.1 Å². The number of nitrogens with zero attached hydrogens (tertiary/aromatic N) is 4. The minimum absolute atomic E-state index is 0.633. The molecule has 4 heteroatoms. The summed E-state index contributed by atoms with van der Waals surface area (Å²) in [6.45, 7) is 0. The molecule has 0 aliphatic heterocycles. The third-order valence-electron chi connectivity index (χ3n) is 10.4. The Labute approximate surface area is 293 Å². The summed E-state index contributed by atoms with van der Waals surface area (Å²) in [4.78, 5) is 15.4. The monoisotopic (exact) mass is 648 g/mol. The quantitative estimate of drug-likeness (QED) is 0.138. The average Bonchev–Trinajstić information content (AvgIpc) is 3.56. The van der Waals surface area contributed by atoms with E-state index in [0.29, 0.717) is 17.5 Å². The summed E-state index contributed by atoms with van der Waals surface area (Å²) >= 11 is 0. The highest BCUT2D eigenvalue weighted by Crippen LogP contribution is 2.47. The topological polar surface area (TPSA) is 43.6 Å². The van der Waals surface area contributed by atoms with Gasteiger partial charge in [-0.15, -0.1) is 0 Å². The Morgan fingerprint density at radius 1 is 0.314 bits per heavy atom. The molecule has 2 aromatic heterocycles. The van der Waals surface area contributed by atoms with E-state index in [9.17, 15) is 0 Å². The normalized spacial score (nSPS) is 11.9. The van der Waals surface area contributed by atoms with Crippen LogP contribution >= 0.6 is 0 Å². The fourth-order valence-corrected chi connectivity index (χ4v) is 8.09. The van der Waals surface area contributed by atoms with Crippen molar-refractivity contribution in [2.75, 3.05) is 0 Å². The van der Waals surface area contributed by atoms with Gasteiger partial charge < -0.3 is 4.57 Å². The van der Waals surface area contributed by atoms with Crippen LogP contribution in [0.2, 0.25) is 0 Å². The van der Waals surface area contributed by atoms with Crippen LogP contribution in [0, 0.1) is 0 Å². The van der Waals surface area contributed by atoms with Gasteiger partial charge in [-0.05, 0) is 62.3 Å². The number of fused-ring (bicyclic) bond motifs is 1. The highest BCUT2D eigenvalue weighted by Gasteiger charge is 2.24. The largest absolute Gasteiger partial charge is 0.308 e. The summed E-state index contributed by atoms with van der Waals surface area (Å²) in [7, 11) is 0. The predicted octanol–water partition coefficient (Wildman–Crippen LogP) is 12.0. The van der Waals surface area contributed by atoms with Crippen LogP contribution in [0.4, 0.5) is 0 Å². The molecular formula is C47H28N4. The maximum Gasteiger partial charge on any atom is 0.166 e. The molecule has 0 bridgehead atoms. The van der Waals surface area contributed by atoms with Gasteiger partial charge in [-0.3, -0.25) is 0 Å². The summed E-state index contributed by atoms with van der Waals surface area (Å²) in [5.74, 6) is 1.91. The molecule has 4 nitrogen and oxygen atoms in total. The predicted molar refractivity (Wildman–Crippen MR) is 211 cm³/mol. The number of para-hydroxylation sites is 1. The lowest BCUT2D eigenvalue weighted by Gasteiger charge is -2.15. The molecule has 0 spiro atoms. The molecule has 2 heterocycles. The average molecular weight is 649 g/mol. The molecule has 11 aromatic rings. The summed E-state index contributed by atoms with van der Waals surface area (Å²) < 4.78 is 2.41. The van der Waals surface area contributed by atoms with Gasteiger partial charge in [0.1, 0.15) is 0 Å². The van der Waals surface area contributed by atoms with Crippen LogP contribution in [-0.2, 0) is 0 Å². The molecule has 0 amide bonds. The fourth-order valence-electron chi connectivity index (χ4n) is 8.09. The molecule has 11 rings (SSSR count).